The van der Waals surface area contributed by atoms with E-state index in [0.29, 0.717) is 11.3 Å². The average molecular weight is 240 g/mol. The number of aromatic amines is 2. The highest BCUT2D eigenvalue weighted by Gasteiger charge is 2.11. The van der Waals surface area contributed by atoms with Crippen LogP contribution in [0.3, 0.4) is 0 Å². The van der Waals surface area contributed by atoms with Crippen LogP contribution in [0.25, 0.3) is 11.3 Å². The summed E-state index contributed by atoms with van der Waals surface area (Å²) in [6.45, 7) is 2.07. The molecule has 1 aromatic carbocycles. The maximum Gasteiger partial charge on any atom is 0.326 e. The van der Waals surface area contributed by atoms with E-state index in [1.165, 1.54) is 5.56 Å². The minimum absolute atomic E-state index is 0.140. The highest BCUT2D eigenvalue weighted by Crippen LogP contribution is 2.21. The SMILES string of the molecule is CC(c1ccccc1)c1cnc2[nH]c(=O)[nH]c2n1. The Morgan fingerprint density at radius 2 is 1.83 bits per heavy atom. The fourth-order valence-corrected chi connectivity index (χ4v) is 1.95. The number of benzene rings is 1. The molecule has 5 heteroatoms. The number of nitrogens with one attached hydrogen (secondary N) is 2. The van der Waals surface area contributed by atoms with E-state index in [-0.39, 0.29) is 11.6 Å². The molecule has 2 aromatic heterocycles. The molecule has 5 nitrogen and oxygen atoms in total. The van der Waals surface area contributed by atoms with Crippen molar-refractivity contribution < 1.29 is 0 Å². The number of hydrogen-bond donors (Lipinski definition) is 2. The van der Waals surface area contributed by atoms with Crippen LogP contribution in [0.4, 0.5) is 0 Å². The van der Waals surface area contributed by atoms with Gasteiger partial charge >= 0.3 is 5.69 Å². The van der Waals surface area contributed by atoms with E-state index in [4.69, 9.17) is 0 Å². The molecule has 3 rings (SSSR count). The summed E-state index contributed by atoms with van der Waals surface area (Å²) in [5.74, 6) is 0.140. The summed E-state index contributed by atoms with van der Waals surface area (Å²) >= 11 is 0. The Bertz CT molecular complexity index is 729. The second-order valence-electron chi connectivity index (χ2n) is 4.20. The maximum atomic E-state index is 11.1. The molecular formula is C13H12N4O. The molecule has 0 amide bonds. The number of rotatable bonds is 2. The lowest BCUT2D eigenvalue weighted by Crippen LogP contribution is -2.01. The molecule has 18 heavy (non-hydrogen) atoms. The summed E-state index contributed by atoms with van der Waals surface area (Å²) in [7, 11) is 0. The fourth-order valence-electron chi connectivity index (χ4n) is 1.95. The molecule has 0 radical (unpaired) electrons. The van der Waals surface area contributed by atoms with Crippen LogP contribution in [0.1, 0.15) is 24.1 Å². The van der Waals surface area contributed by atoms with Gasteiger partial charge in [-0.05, 0) is 5.56 Å². The van der Waals surface area contributed by atoms with E-state index in [1.807, 2.05) is 18.2 Å². The Hall–Kier alpha value is -2.43. The van der Waals surface area contributed by atoms with Crippen molar-refractivity contribution in [2.45, 2.75) is 12.8 Å². The predicted molar refractivity (Wildman–Crippen MR) is 68.5 cm³/mol. The van der Waals surface area contributed by atoms with Crippen molar-refractivity contribution >= 4 is 11.3 Å². The van der Waals surface area contributed by atoms with E-state index in [9.17, 15) is 4.79 Å². The van der Waals surface area contributed by atoms with E-state index < -0.39 is 0 Å². The van der Waals surface area contributed by atoms with E-state index in [2.05, 4.69) is 39.0 Å². The highest BCUT2D eigenvalue weighted by molar-refractivity contribution is 5.64. The third-order valence-corrected chi connectivity index (χ3v) is 3.00. The van der Waals surface area contributed by atoms with Gasteiger partial charge in [0.2, 0.25) is 0 Å². The molecule has 90 valence electrons. The molecule has 1 atom stereocenters. The molecule has 2 N–H and O–H groups in total. The topological polar surface area (TPSA) is 74.4 Å². The zero-order valence-corrected chi connectivity index (χ0v) is 9.84. The number of hydrogen-bond acceptors (Lipinski definition) is 3. The molecule has 1 unspecified atom stereocenters. The van der Waals surface area contributed by atoms with Gasteiger partial charge in [-0.1, -0.05) is 37.3 Å². The Kier molecular flexibility index (Phi) is 2.44. The number of fused-ring (bicyclic) bond motifs is 1. The van der Waals surface area contributed by atoms with Gasteiger partial charge in [0, 0.05) is 5.92 Å². The van der Waals surface area contributed by atoms with Gasteiger partial charge in [0.05, 0.1) is 11.9 Å². The second-order valence-corrected chi connectivity index (χ2v) is 4.20. The zero-order chi connectivity index (χ0) is 12.5. The van der Waals surface area contributed by atoms with Crippen molar-refractivity contribution in [3.8, 4) is 0 Å². The predicted octanol–water partition coefficient (Wildman–Crippen LogP) is 1.80. The maximum absolute atomic E-state index is 11.1. The second kappa shape index (κ2) is 4.10. The molecular weight excluding hydrogens is 228 g/mol. The van der Waals surface area contributed by atoms with Gasteiger partial charge in [-0.3, -0.25) is 9.97 Å². The van der Waals surface area contributed by atoms with E-state index in [1.54, 1.807) is 6.20 Å². The molecule has 0 fully saturated rings. The molecule has 0 spiro atoms. The smallest absolute Gasteiger partial charge is 0.289 e. The first-order chi connectivity index (χ1) is 8.74. The Morgan fingerprint density at radius 1 is 1.11 bits per heavy atom. The molecule has 0 saturated heterocycles. The summed E-state index contributed by atoms with van der Waals surface area (Å²) in [6.07, 6.45) is 1.70. The minimum Gasteiger partial charge on any atom is -0.289 e. The lowest BCUT2D eigenvalue weighted by atomic mass is 9.98. The third-order valence-electron chi connectivity index (χ3n) is 3.00. The van der Waals surface area contributed by atoms with Crippen molar-refractivity contribution in [2.75, 3.05) is 0 Å². The van der Waals surface area contributed by atoms with Crippen LogP contribution < -0.4 is 5.69 Å². The van der Waals surface area contributed by atoms with Crippen LogP contribution in [0.2, 0.25) is 0 Å². The molecule has 0 aliphatic carbocycles. The third kappa shape index (κ3) is 1.79. The number of aromatic nitrogens is 4. The number of nitrogens with zero attached hydrogens (tertiary/aromatic N) is 2. The van der Waals surface area contributed by atoms with Crippen LogP contribution in [0.15, 0.2) is 41.3 Å². The van der Waals surface area contributed by atoms with Crippen molar-refractivity contribution in [1.82, 2.24) is 19.9 Å². The summed E-state index contributed by atoms with van der Waals surface area (Å²) in [4.78, 5) is 25.0. The summed E-state index contributed by atoms with van der Waals surface area (Å²) in [5, 5.41) is 0. The van der Waals surface area contributed by atoms with Crippen molar-refractivity contribution in [3.05, 3.63) is 58.3 Å². The zero-order valence-electron chi connectivity index (χ0n) is 9.84. The Balaban J connectivity index is 2.06. The first kappa shape index (κ1) is 10.7. The monoisotopic (exact) mass is 240 g/mol. The number of H-pyrrole nitrogens is 2. The summed E-state index contributed by atoms with van der Waals surface area (Å²) < 4.78 is 0. The summed E-state index contributed by atoms with van der Waals surface area (Å²) in [6, 6.07) is 10.1. The molecule has 0 bridgehead atoms. The normalized spacial score (nSPS) is 12.7. The fraction of sp³-hybridized carbons (Fsp3) is 0.154. The highest BCUT2D eigenvalue weighted by atomic mass is 16.1. The van der Waals surface area contributed by atoms with Gasteiger partial charge in [-0.25, -0.2) is 14.8 Å². The minimum atomic E-state index is -0.283. The molecule has 0 aliphatic heterocycles. The van der Waals surface area contributed by atoms with Crippen LogP contribution in [0, 0.1) is 0 Å². The average Bonchev–Trinajstić information content (AvgIpc) is 2.78. The van der Waals surface area contributed by atoms with Gasteiger partial charge in [-0.2, -0.15) is 0 Å². The van der Waals surface area contributed by atoms with Crippen LogP contribution >= 0.6 is 0 Å². The first-order valence-corrected chi connectivity index (χ1v) is 5.74. The van der Waals surface area contributed by atoms with Crippen LogP contribution in [0.5, 0.6) is 0 Å². The number of imidazole rings is 1. The van der Waals surface area contributed by atoms with E-state index >= 15 is 0 Å². The Labute approximate surface area is 103 Å². The largest absolute Gasteiger partial charge is 0.326 e. The van der Waals surface area contributed by atoms with Crippen molar-refractivity contribution in [1.29, 1.82) is 0 Å². The molecule has 0 saturated carbocycles. The van der Waals surface area contributed by atoms with Crippen LogP contribution in [-0.2, 0) is 0 Å². The van der Waals surface area contributed by atoms with E-state index in [0.717, 1.165) is 5.69 Å². The lowest BCUT2D eigenvalue weighted by molar-refractivity contribution is 0.867. The van der Waals surface area contributed by atoms with Crippen molar-refractivity contribution in [3.63, 3.8) is 0 Å². The molecule has 2 heterocycles. The standard InChI is InChI=1S/C13H12N4O/c1-8(9-5-3-2-4-6-9)10-7-14-11-12(15-10)17-13(18)16-11/h2-8H,1H3,(H2,14,15,16,17,18). The van der Waals surface area contributed by atoms with Crippen molar-refractivity contribution in [2.24, 2.45) is 0 Å². The lowest BCUT2D eigenvalue weighted by Gasteiger charge is -2.10. The molecule has 0 aliphatic rings. The van der Waals surface area contributed by atoms with Gasteiger partial charge in [0.1, 0.15) is 0 Å². The van der Waals surface area contributed by atoms with Gasteiger partial charge in [0.25, 0.3) is 0 Å². The quantitative estimate of drug-likeness (QED) is 0.717. The van der Waals surface area contributed by atoms with Gasteiger partial charge < -0.3 is 0 Å². The summed E-state index contributed by atoms with van der Waals surface area (Å²) in [5.41, 5.74) is 2.71. The molecule has 3 aromatic rings. The van der Waals surface area contributed by atoms with Crippen LogP contribution in [-0.4, -0.2) is 19.9 Å². The van der Waals surface area contributed by atoms with Gasteiger partial charge in [0.15, 0.2) is 11.3 Å². The van der Waals surface area contributed by atoms with Gasteiger partial charge in [-0.15, -0.1) is 0 Å². The first-order valence-electron chi connectivity index (χ1n) is 5.74. The Morgan fingerprint density at radius 3 is 2.61 bits per heavy atom.